The summed E-state index contributed by atoms with van der Waals surface area (Å²) in [5.41, 5.74) is 7.46. The number of nitrogen functional groups attached to an aromatic ring is 1. The van der Waals surface area contributed by atoms with Gasteiger partial charge in [0, 0.05) is 36.8 Å². The number of hydrogen-bond donors (Lipinski definition) is 2. The van der Waals surface area contributed by atoms with Gasteiger partial charge in [-0.25, -0.2) is 4.98 Å². The van der Waals surface area contributed by atoms with Crippen molar-refractivity contribution in [1.29, 1.82) is 0 Å². The van der Waals surface area contributed by atoms with Crippen LogP contribution in [0.25, 0.3) is 0 Å². The van der Waals surface area contributed by atoms with Crippen LogP contribution in [-0.4, -0.2) is 29.9 Å². The fourth-order valence-corrected chi connectivity index (χ4v) is 2.70. The highest BCUT2D eigenvalue weighted by molar-refractivity contribution is 7.15. The van der Waals surface area contributed by atoms with E-state index in [1.54, 1.807) is 7.05 Å². The molecule has 0 atom stereocenters. The van der Waals surface area contributed by atoms with E-state index >= 15 is 0 Å². The summed E-state index contributed by atoms with van der Waals surface area (Å²) >= 11 is 1.51. The summed E-state index contributed by atoms with van der Waals surface area (Å²) in [5, 5.41) is 3.21. The SMILES string of the molecule is CNC(=O)c1ccc(CN(C)Cc2cnc(N)s2)cc1. The van der Waals surface area contributed by atoms with Crippen LogP contribution in [0.1, 0.15) is 20.8 Å². The first-order chi connectivity index (χ1) is 9.58. The van der Waals surface area contributed by atoms with Gasteiger partial charge in [-0.2, -0.15) is 0 Å². The molecular weight excluding hydrogens is 272 g/mol. The Bertz CT molecular complexity index is 579. The molecule has 0 saturated heterocycles. The van der Waals surface area contributed by atoms with Gasteiger partial charge in [0.25, 0.3) is 5.91 Å². The zero-order valence-corrected chi connectivity index (χ0v) is 12.4. The number of carbonyl (C=O) groups excluding carboxylic acids is 1. The summed E-state index contributed by atoms with van der Waals surface area (Å²) < 4.78 is 0. The summed E-state index contributed by atoms with van der Waals surface area (Å²) in [6.45, 7) is 1.62. The molecule has 5 nitrogen and oxygen atoms in total. The fourth-order valence-electron chi connectivity index (χ4n) is 1.94. The molecule has 1 aromatic heterocycles. The third-order valence-electron chi connectivity index (χ3n) is 2.89. The Morgan fingerprint density at radius 1 is 1.35 bits per heavy atom. The van der Waals surface area contributed by atoms with Crippen molar-refractivity contribution < 1.29 is 4.79 Å². The molecule has 2 aromatic rings. The molecule has 20 heavy (non-hydrogen) atoms. The van der Waals surface area contributed by atoms with Crippen LogP contribution in [-0.2, 0) is 13.1 Å². The van der Waals surface area contributed by atoms with Crippen molar-refractivity contribution in [2.24, 2.45) is 0 Å². The second-order valence-electron chi connectivity index (χ2n) is 4.61. The molecule has 3 N–H and O–H groups in total. The average molecular weight is 290 g/mol. The van der Waals surface area contributed by atoms with Gasteiger partial charge in [0.1, 0.15) is 0 Å². The van der Waals surface area contributed by atoms with Gasteiger partial charge in [-0.1, -0.05) is 12.1 Å². The minimum atomic E-state index is -0.0648. The number of aromatic nitrogens is 1. The average Bonchev–Trinajstić information content (AvgIpc) is 2.84. The van der Waals surface area contributed by atoms with Crippen LogP contribution in [0.3, 0.4) is 0 Å². The molecule has 2 rings (SSSR count). The lowest BCUT2D eigenvalue weighted by Gasteiger charge is -2.15. The summed E-state index contributed by atoms with van der Waals surface area (Å²) in [7, 11) is 3.67. The van der Waals surface area contributed by atoms with E-state index in [1.165, 1.54) is 11.3 Å². The van der Waals surface area contributed by atoms with Crippen LogP contribution >= 0.6 is 11.3 Å². The number of hydrogen-bond acceptors (Lipinski definition) is 5. The number of thiazole rings is 1. The molecular formula is C14H18N4OS. The minimum absolute atomic E-state index is 0.0648. The lowest BCUT2D eigenvalue weighted by molar-refractivity contribution is 0.0963. The molecule has 1 aromatic carbocycles. The number of rotatable bonds is 5. The van der Waals surface area contributed by atoms with E-state index in [2.05, 4.69) is 15.2 Å². The van der Waals surface area contributed by atoms with Gasteiger partial charge < -0.3 is 11.1 Å². The highest BCUT2D eigenvalue weighted by Gasteiger charge is 2.06. The second kappa shape index (κ2) is 6.49. The highest BCUT2D eigenvalue weighted by atomic mass is 32.1. The van der Waals surface area contributed by atoms with Crippen LogP contribution in [0.15, 0.2) is 30.5 Å². The molecule has 106 valence electrons. The summed E-state index contributed by atoms with van der Waals surface area (Å²) in [6.07, 6.45) is 1.81. The monoisotopic (exact) mass is 290 g/mol. The summed E-state index contributed by atoms with van der Waals surface area (Å²) in [5.74, 6) is -0.0648. The standard InChI is InChI=1S/C14H18N4OS/c1-16-13(19)11-5-3-10(4-6-11)8-18(2)9-12-7-17-14(15)20-12/h3-7H,8-9H2,1-2H3,(H2,15,17)(H,16,19). The first kappa shape index (κ1) is 14.5. The van der Waals surface area contributed by atoms with Crippen molar-refractivity contribution in [3.05, 3.63) is 46.5 Å². The maximum Gasteiger partial charge on any atom is 0.251 e. The molecule has 1 amide bonds. The predicted molar refractivity (Wildman–Crippen MR) is 81.5 cm³/mol. The molecule has 0 fully saturated rings. The molecule has 0 bridgehead atoms. The van der Waals surface area contributed by atoms with E-state index < -0.39 is 0 Å². The van der Waals surface area contributed by atoms with Crippen molar-refractivity contribution in [3.63, 3.8) is 0 Å². The number of anilines is 1. The number of amides is 1. The molecule has 0 saturated carbocycles. The zero-order chi connectivity index (χ0) is 14.5. The summed E-state index contributed by atoms with van der Waals surface area (Å²) in [4.78, 5) is 18.8. The van der Waals surface area contributed by atoms with Gasteiger partial charge in [-0.05, 0) is 24.7 Å². The molecule has 0 radical (unpaired) electrons. The molecule has 6 heteroatoms. The highest BCUT2D eigenvalue weighted by Crippen LogP contribution is 2.17. The Morgan fingerprint density at radius 3 is 2.60 bits per heavy atom. The number of nitrogens with zero attached hydrogens (tertiary/aromatic N) is 2. The van der Waals surface area contributed by atoms with Crippen LogP contribution in [0, 0.1) is 0 Å². The van der Waals surface area contributed by atoms with Gasteiger partial charge in [0.05, 0.1) is 0 Å². The molecule has 0 aliphatic carbocycles. The van der Waals surface area contributed by atoms with E-state index in [4.69, 9.17) is 5.73 Å². The van der Waals surface area contributed by atoms with Gasteiger partial charge in [-0.3, -0.25) is 9.69 Å². The number of carbonyl (C=O) groups is 1. The van der Waals surface area contributed by atoms with Crippen LogP contribution < -0.4 is 11.1 Å². The van der Waals surface area contributed by atoms with Crippen LogP contribution in [0.4, 0.5) is 5.13 Å². The third-order valence-corrected chi connectivity index (χ3v) is 3.70. The quantitative estimate of drug-likeness (QED) is 0.879. The molecule has 0 spiro atoms. The fraction of sp³-hybridized carbons (Fsp3) is 0.286. The Balaban J connectivity index is 1.94. The van der Waals surface area contributed by atoms with Crippen molar-refractivity contribution in [2.75, 3.05) is 19.8 Å². The van der Waals surface area contributed by atoms with Crippen molar-refractivity contribution in [3.8, 4) is 0 Å². The van der Waals surface area contributed by atoms with Gasteiger partial charge in [0.15, 0.2) is 5.13 Å². The van der Waals surface area contributed by atoms with Gasteiger partial charge >= 0.3 is 0 Å². The molecule has 0 unspecified atom stereocenters. The zero-order valence-electron chi connectivity index (χ0n) is 11.6. The Morgan fingerprint density at radius 2 is 2.05 bits per heavy atom. The van der Waals surface area contributed by atoms with Crippen molar-refractivity contribution in [2.45, 2.75) is 13.1 Å². The van der Waals surface area contributed by atoms with E-state index in [0.29, 0.717) is 10.7 Å². The van der Waals surface area contributed by atoms with E-state index in [0.717, 1.165) is 23.5 Å². The largest absolute Gasteiger partial charge is 0.375 e. The topological polar surface area (TPSA) is 71.2 Å². The van der Waals surface area contributed by atoms with Crippen molar-refractivity contribution >= 4 is 22.4 Å². The van der Waals surface area contributed by atoms with Gasteiger partial charge in [-0.15, -0.1) is 11.3 Å². The Labute approximate surface area is 122 Å². The summed E-state index contributed by atoms with van der Waals surface area (Å²) in [6, 6.07) is 7.63. The van der Waals surface area contributed by atoms with Crippen molar-refractivity contribution in [1.82, 2.24) is 15.2 Å². The van der Waals surface area contributed by atoms with E-state index in [9.17, 15) is 4.79 Å². The van der Waals surface area contributed by atoms with Crippen LogP contribution in [0.2, 0.25) is 0 Å². The Hall–Kier alpha value is -1.92. The number of benzene rings is 1. The molecule has 0 aliphatic rings. The first-order valence-electron chi connectivity index (χ1n) is 6.28. The lowest BCUT2D eigenvalue weighted by atomic mass is 10.1. The number of nitrogens with two attached hydrogens (primary N) is 1. The minimum Gasteiger partial charge on any atom is -0.375 e. The third kappa shape index (κ3) is 3.79. The normalized spacial score (nSPS) is 10.8. The smallest absolute Gasteiger partial charge is 0.251 e. The van der Waals surface area contributed by atoms with Gasteiger partial charge in [0.2, 0.25) is 0 Å². The number of nitrogens with one attached hydrogen (secondary N) is 1. The second-order valence-corrected chi connectivity index (χ2v) is 5.76. The Kier molecular flexibility index (Phi) is 4.70. The maximum atomic E-state index is 11.5. The van der Waals surface area contributed by atoms with Crippen LogP contribution in [0.5, 0.6) is 0 Å². The lowest BCUT2D eigenvalue weighted by Crippen LogP contribution is -2.18. The maximum absolute atomic E-state index is 11.5. The van der Waals surface area contributed by atoms with E-state index in [1.807, 2.05) is 37.5 Å². The predicted octanol–water partition coefficient (Wildman–Crippen LogP) is 1.72. The molecule has 0 aliphatic heterocycles. The first-order valence-corrected chi connectivity index (χ1v) is 7.10. The van der Waals surface area contributed by atoms with E-state index in [-0.39, 0.29) is 5.91 Å². The molecule has 1 heterocycles.